The molecule has 1 saturated heterocycles. The largest absolute Gasteiger partial charge is 0.344 e. The van der Waals surface area contributed by atoms with Crippen LogP contribution in [0.4, 0.5) is 0 Å². The van der Waals surface area contributed by atoms with Crippen molar-refractivity contribution >= 4 is 5.91 Å². The molecule has 0 aromatic rings. The van der Waals surface area contributed by atoms with Crippen LogP contribution in [-0.2, 0) is 4.79 Å². The highest BCUT2D eigenvalue weighted by Gasteiger charge is 2.30. The zero-order chi connectivity index (χ0) is 8.55. The average Bonchev–Trinajstić information content (AvgIpc) is 2.84. The Bertz CT molecular complexity index is 189. The number of hydrogen-bond acceptors (Lipinski definition) is 2. The fourth-order valence-electron chi connectivity index (χ4n) is 1.75. The first-order valence-electron chi connectivity index (χ1n) is 4.75. The van der Waals surface area contributed by atoms with E-state index in [1.165, 1.54) is 12.8 Å². The van der Waals surface area contributed by atoms with Gasteiger partial charge in [-0.15, -0.1) is 0 Å². The second-order valence-electron chi connectivity index (χ2n) is 3.83. The summed E-state index contributed by atoms with van der Waals surface area (Å²) in [5, 5.41) is 0. The Balaban J connectivity index is 1.91. The van der Waals surface area contributed by atoms with E-state index < -0.39 is 0 Å². The van der Waals surface area contributed by atoms with Crippen molar-refractivity contribution in [2.75, 3.05) is 26.7 Å². The molecule has 0 N–H and O–H groups in total. The lowest BCUT2D eigenvalue weighted by Crippen LogP contribution is -2.31. The van der Waals surface area contributed by atoms with Gasteiger partial charge in [-0.05, 0) is 12.8 Å². The maximum atomic E-state index is 11.3. The molecule has 1 saturated carbocycles. The van der Waals surface area contributed by atoms with Gasteiger partial charge in [0.2, 0.25) is 5.91 Å². The van der Waals surface area contributed by atoms with Crippen molar-refractivity contribution in [3.63, 3.8) is 0 Å². The minimum Gasteiger partial charge on any atom is -0.344 e. The number of rotatable bonds is 1. The first-order valence-corrected chi connectivity index (χ1v) is 4.75. The molecular weight excluding hydrogens is 152 g/mol. The first-order chi connectivity index (χ1) is 5.77. The third-order valence-corrected chi connectivity index (χ3v) is 2.82. The minimum atomic E-state index is 0.304. The quantitative estimate of drug-likeness (QED) is 0.562. The van der Waals surface area contributed by atoms with Gasteiger partial charge in [-0.2, -0.15) is 0 Å². The molecule has 0 spiro atoms. The van der Waals surface area contributed by atoms with Crippen LogP contribution in [0.25, 0.3) is 0 Å². The summed E-state index contributed by atoms with van der Waals surface area (Å²) in [6, 6.07) is 0.810. The van der Waals surface area contributed by atoms with Crippen LogP contribution < -0.4 is 0 Å². The maximum absolute atomic E-state index is 11.3. The zero-order valence-corrected chi connectivity index (χ0v) is 7.62. The Morgan fingerprint density at radius 3 is 2.67 bits per heavy atom. The number of amides is 1. The summed E-state index contributed by atoms with van der Waals surface area (Å²) < 4.78 is 0. The fraction of sp³-hybridized carbons (Fsp3) is 0.889. The molecule has 0 unspecified atom stereocenters. The highest BCUT2D eigenvalue weighted by Crippen LogP contribution is 2.27. The number of carbonyl (C=O) groups is 1. The summed E-state index contributed by atoms with van der Waals surface area (Å²) in [6.45, 7) is 2.97. The monoisotopic (exact) mass is 168 g/mol. The third-order valence-electron chi connectivity index (χ3n) is 2.82. The van der Waals surface area contributed by atoms with Crippen LogP contribution in [0, 0.1) is 0 Å². The molecule has 12 heavy (non-hydrogen) atoms. The van der Waals surface area contributed by atoms with Crippen molar-refractivity contribution in [3.05, 3.63) is 0 Å². The lowest BCUT2D eigenvalue weighted by Gasteiger charge is -2.18. The molecule has 0 atom stereocenters. The molecule has 2 aliphatic rings. The molecule has 0 aromatic carbocycles. The standard InChI is InChI=1S/C9H16N2O/c1-10-6-7-11(8-2-3-8)5-4-9(10)12/h8H,2-7H2,1H3. The molecule has 0 aromatic heterocycles. The van der Waals surface area contributed by atoms with E-state index in [0.29, 0.717) is 12.3 Å². The zero-order valence-electron chi connectivity index (χ0n) is 7.62. The molecule has 1 aliphatic carbocycles. The number of nitrogens with zero attached hydrogens (tertiary/aromatic N) is 2. The normalized spacial score (nSPS) is 27.4. The van der Waals surface area contributed by atoms with Gasteiger partial charge in [-0.25, -0.2) is 0 Å². The van der Waals surface area contributed by atoms with E-state index in [4.69, 9.17) is 0 Å². The second kappa shape index (κ2) is 3.05. The second-order valence-corrected chi connectivity index (χ2v) is 3.83. The van der Waals surface area contributed by atoms with Crippen molar-refractivity contribution in [3.8, 4) is 0 Å². The van der Waals surface area contributed by atoms with Gasteiger partial charge < -0.3 is 4.90 Å². The van der Waals surface area contributed by atoms with Gasteiger partial charge in [0.1, 0.15) is 0 Å². The summed E-state index contributed by atoms with van der Waals surface area (Å²) in [6.07, 6.45) is 3.41. The van der Waals surface area contributed by atoms with Crippen LogP contribution in [0.1, 0.15) is 19.3 Å². The van der Waals surface area contributed by atoms with E-state index in [1.54, 1.807) is 0 Å². The van der Waals surface area contributed by atoms with Gasteiger partial charge in [0.15, 0.2) is 0 Å². The van der Waals surface area contributed by atoms with Gasteiger partial charge in [0.25, 0.3) is 0 Å². The van der Waals surface area contributed by atoms with E-state index in [1.807, 2.05) is 11.9 Å². The summed E-state index contributed by atoms with van der Waals surface area (Å²) in [5.74, 6) is 0.304. The van der Waals surface area contributed by atoms with Crippen LogP contribution in [0.15, 0.2) is 0 Å². The fourth-order valence-corrected chi connectivity index (χ4v) is 1.75. The van der Waals surface area contributed by atoms with Crippen molar-refractivity contribution in [1.29, 1.82) is 0 Å². The van der Waals surface area contributed by atoms with Gasteiger partial charge >= 0.3 is 0 Å². The summed E-state index contributed by atoms with van der Waals surface area (Å²) >= 11 is 0. The summed E-state index contributed by atoms with van der Waals surface area (Å²) in [4.78, 5) is 15.6. The van der Waals surface area contributed by atoms with E-state index in [2.05, 4.69) is 4.90 Å². The molecule has 2 rings (SSSR count). The topological polar surface area (TPSA) is 23.6 Å². The summed E-state index contributed by atoms with van der Waals surface area (Å²) in [7, 11) is 1.90. The van der Waals surface area contributed by atoms with Gasteiger partial charge in [0.05, 0.1) is 0 Å². The predicted octanol–water partition coefficient (Wildman–Crippen LogP) is 0.313. The summed E-state index contributed by atoms with van der Waals surface area (Å²) in [5.41, 5.74) is 0. The van der Waals surface area contributed by atoms with Crippen molar-refractivity contribution in [1.82, 2.24) is 9.80 Å². The minimum absolute atomic E-state index is 0.304. The molecule has 3 heteroatoms. The predicted molar refractivity (Wildman–Crippen MR) is 46.8 cm³/mol. The molecule has 2 fully saturated rings. The van der Waals surface area contributed by atoms with E-state index in [9.17, 15) is 4.79 Å². The van der Waals surface area contributed by atoms with E-state index in [0.717, 1.165) is 25.7 Å². The van der Waals surface area contributed by atoms with Gasteiger partial charge in [0, 0.05) is 39.1 Å². The number of carbonyl (C=O) groups excluding carboxylic acids is 1. The molecular formula is C9H16N2O. The molecule has 68 valence electrons. The molecule has 1 heterocycles. The van der Waals surface area contributed by atoms with E-state index >= 15 is 0 Å². The highest BCUT2D eigenvalue weighted by molar-refractivity contribution is 5.76. The smallest absolute Gasteiger partial charge is 0.223 e. The lowest BCUT2D eigenvalue weighted by atomic mass is 10.3. The Kier molecular flexibility index (Phi) is 2.05. The molecule has 0 radical (unpaired) electrons. The maximum Gasteiger partial charge on any atom is 0.223 e. The molecule has 0 bridgehead atoms. The number of likely N-dealkylation sites (N-methyl/N-ethyl adjacent to an activating group) is 1. The Hall–Kier alpha value is -0.570. The third kappa shape index (κ3) is 1.61. The van der Waals surface area contributed by atoms with Crippen LogP contribution in [0.5, 0.6) is 0 Å². The van der Waals surface area contributed by atoms with Gasteiger partial charge in [-0.1, -0.05) is 0 Å². The number of hydrogen-bond donors (Lipinski definition) is 0. The average molecular weight is 168 g/mol. The van der Waals surface area contributed by atoms with Crippen molar-refractivity contribution < 1.29 is 4.79 Å². The van der Waals surface area contributed by atoms with Crippen molar-refractivity contribution in [2.45, 2.75) is 25.3 Å². The molecule has 1 amide bonds. The molecule has 3 nitrogen and oxygen atoms in total. The Morgan fingerprint density at radius 1 is 1.25 bits per heavy atom. The lowest BCUT2D eigenvalue weighted by molar-refractivity contribution is -0.129. The van der Waals surface area contributed by atoms with E-state index in [-0.39, 0.29) is 0 Å². The van der Waals surface area contributed by atoms with Gasteiger partial charge in [-0.3, -0.25) is 9.69 Å². The SMILES string of the molecule is CN1CCN(C2CC2)CCC1=O. The van der Waals surface area contributed by atoms with Crippen LogP contribution >= 0.6 is 0 Å². The first kappa shape index (κ1) is 8.05. The van der Waals surface area contributed by atoms with Crippen molar-refractivity contribution in [2.24, 2.45) is 0 Å². The van der Waals surface area contributed by atoms with Crippen LogP contribution in [0.2, 0.25) is 0 Å². The molecule has 1 aliphatic heterocycles. The van der Waals surface area contributed by atoms with Crippen LogP contribution in [-0.4, -0.2) is 48.4 Å². The Morgan fingerprint density at radius 2 is 2.00 bits per heavy atom. The van der Waals surface area contributed by atoms with Crippen LogP contribution in [0.3, 0.4) is 0 Å². The Labute approximate surface area is 73.3 Å². The highest BCUT2D eigenvalue weighted by atomic mass is 16.2.